The van der Waals surface area contributed by atoms with Crippen molar-refractivity contribution >= 4 is 6.03 Å². The average Bonchev–Trinajstić information content (AvgIpc) is 2.50. The van der Waals surface area contributed by atoms with Gasteiger partial charge in [0, 0.05) is 13.2 Å². The highest BCUT2D eigenvalue weighted by molar-refractivity contribution is 5.74. The highest BCUT2D eigenvalue weighted by Crippen LogP contribution is 2.21. The largest absolute Gasteiger partial charge is 0.396 e. The van der Waals surface area contributed by atoms with E-state index in [1.807, 2.05) is 44.2 Å². The van der Waals surface area contributed by atoms with E-state index in [0.29, 0.717) is 12.5 Å². The van der Waals surface area contributed by atoms with Gasteiger partial charge in [0.25, 0.3) is 0 Å². The minimum Gasteiger partial charge on any atom is -0.396 e. The fourth-order valence-electron chi connectivity index (χ4n) is 2.34. The fraction of sp³-hybridized carbons (Fsp3) is 0.611. The number of aliphatic hydroxyl groups is 1. The molecule has 0 aliphatic rings. The van der Waals surface area contributed by atoms with Crippen molar-refractivity contribution in [3.05, 3.63) is 35.9 Å². The summed E-state index contributed by atoms with van der Waals surface area (Å²) in [7, 11) is 0. The number of hydrogen-bond acceptors (Lipinski definition) is 2. The van der Waals surface area contributed by atoms with E-state index >= 15 is 0 Å². The Morgan fingerprint density at radius 2 is 1.86 bits per heavy atom. The van der Waals surface area contributed by atoms with Crippen LogP contribution < -0.4 is 10.6 Å². The minimum absolute atomic E-state index is 0.00934. The molecular weight excluding hydrogens is 276 g/mol. The fourth-order valence-corrected chi connectivity index (χ4v) is 2.34. The third kappa shape index (κ3) is 6.48. The van der Waals surface area contributed by atoms with Gasteiger partial charge in [-0.05, 0) is 29.7 Å². The van der Waals surface area contributed by atoms with E-state index in [1.165, 1.54) is 0 Å². The number of nitrogens with one attached hydrogen (secondary N) is 2. The van der Waals surface area contributed by atoms with Crippen molar-refractivity contribution in [2.24, 2.45) is 11.3 Å². The molecule has 2 amide bonds. The first-order valence-corrected chi connectivity index (χ1v) is 8.06. The monoisotopic (exact) mass is 306 g/mol. The van der Waals surface area contributed by atoms with E-state index in [-0.39, 0.29) is 24.1 Å². The molecule has 0 aliphatic heterocycles. The smallest absolute Gasteiger partial charge is 0.315 e. The second-order valence-electron chi connectivity index (χ2n) is 6.96. The number of carbonyl (C=O) groups excluding carboxylic acids is 1. The normalized spacial score (nSPS) is 13.0. The Bertz CT molecular complexity index is 444. The molecule has 1 atom stereocenters. The maximum absolute atomic E-state index is 12.1. The summed E-state index contributed by atoms with van der Waals surface area (Å²) in [5, 5.41) is 15.2. The number of rotatable bonds is 8. The predicted octanol–water partition coefficient (Wildman–Crippen LogP) is 3.48. The van der Waals surface area contributed by atoms with Crippen LogP contribution in [0.25, 0.3) is 0 Å². The zero-order chi connectivity index (χ0) is 16.6. The van der Waals surface area contributed by atoms with Gasteiger partial charge in [-0.3, -0.25) is 0 Å². The Hall–Kier alpha value is -1.55. The number of hydrogen-bond donors (Lipinski definition) is 3. The third-order valence-corrected chi connectivity index (χ3v) is 3.86. The average molecular weight is 306 g/mol. The molecule has 22 heavy (non-hydrogen) atoms. The van der Waals surface area contributed by atoms with Crippen molar-refractivity contribution < 1.29 is 9.90 Å². The highest BCUT2D eigenvalue weighted by Gasteiger charge is 2.18. The van der Waals surface area contributed by atoms with Crippen LogP contribution in [0.5, 0.6) is 0 Å². The van der Waals surface area contributed by atoms with Crippen LogP contribution in [0.4, 0.5) is 4.79 Å². The summed E-state index contributed by atoms with van der Waals surface area (Å²) in [5.41, 5.74) is 1.04. The summed E-state index contributed by atoms with van der Waals surface area (Å²) < 4.78 is 0. The molecule has 1 aromatic rings. The second kappa shape index (κ2) is 8.79. The number of benzene rings is 1. The summed E-state index contributed by atoms with van der Waals surface area (Å²) in [6.45, 7) is 9.04. The molecule has 0 heterocycles. The lowest BCUT2D eigenvalue weighted by atomic mass is 9.89. The van der Waals surface area contributed by atoms with E-state index in [1.54, 1.807) is 0 Å². The first-order chi connectivity index (χ1) is 10.4. The van der Waals surface area contributed by atoms with Gasteiger partial charge in [0.2, 0.25) is 0 Å². The molecule has 4 nitrogen and oxygen atoms in total. The van der Waals surface area contributed by atoms with Gasteiger partial charge >= 0.3 is 6.03 Å². The molecule has 0 aromatic heterocycles. The van der Waals surface area contributed by atoms with Gasteiger partial charge < -0.3 is 15.7 Å². The Morgan fingerprint density at radius 1 is 1.23 bits per heavy atom. The van der Waals surface area contributed by atoms with Gasteiger partial charge in [-0.2, -0.15) is 0 Å². The number of urea groups is 1. The van der Waals surface area contributed by atoms with Gasteiger partial charge in [-0.1, -0.05) is 58.0 Å². The maximum Gasteiger partial charge on any atom is 0.315 e. The topological polar surface area (TPSA) is 61.4 Å². The van der Waals surface area contributed by atoms with Gasteiger partial charge in [0.1, 0.15) is 0 Å². The molecule has 4 heteroatoms. The van der Waals surface area contributed by atoms with Crippen LogP contribution in [0, 0.1) is 11.3 Å². The molecule has 0 aliphatic carbocycles. The third-order valence-electron chi connectivity index (χ3n) is 3.86. The van der Waals surface area contributed by atoms with E-state index in [9.17, 15) is 9.90 Å². The summed E-state index contributed by atoms with van der Waals surface area (Å²) in [6.07, 6.45) is 1.74. The second-order valence-corrected chi connectivity index (χ2v) is 6.96. The Balaban J connectivity index is 2.42. The van der Waals surface area contributed by atoms with E-state index in [4.69, 9.17) is 0 Å². The van der Waals surface area contributed by atoms with Gasteiger partial charge in [-0.25, -0.2) is 4.79 Å². The molecular formula is C18H30N2O2. The van der Waals surface area contributed by atoms with Crippen LogP contribution in [0.1, 0.15) is 52.1 Å². The Kier molecular flexibility index (Phi) is 7.39. The molecule has 1 unspecified atom stereocenters. The molecule has 0 radical (unpaired) electrons. The number of carbonyl (C=O) groups is 1. The first-order valence-electron chi connectivity index (χ1n) is 8.06. The predicted molar refractivity (Wildman–Crippen MR) is 90.7 cm³/mol. The van der Waals surface area contributed by atoms with E-state index in [2.05, 4.69) is 24.5 Å². The minimum atomic E-state index is -0.135. The van der Waals surface area contributed by atoms with Crippen molar-refractivity contribution in [2.45, 2.75) is 46.6 Å². The molecule has 124 valence electrons. The van der Waals surface area contributed by atoms with Gasteiger partial charge in [0.05, 0.1) is 6.04 Å². The Morgan fingerprint density at radius 3 is 2.41 bits per heavy atom. The lowest BCUT2D eigenvalue weighted by molar-refractivity contribution is 0.148. The molecule has 0 saturated carbocycles. The van der Waals surface area contributed by atoms with Crippen LogP contribution in [0.2, 0.25) is 0 Å². The summed E-state index contributed by atoms with van der Waals surface area (Å²) in [6, 6.07) is 9.90. The molecule has 0 bridgehead atoms. The molecule has 0 spiro atoms. The zero-order valence-corrected chi connectivity index (χ0v) is 14.2. The molecule has 1 aromatic carbocycles. The van der Waals surface area contributed by atoms with Crippen LogP contribution in [-0.4, -0.2) is 24.3 Å². The summed E-state index contributed by atoms with van der Waals surface area (Å²) in [5.74, 6) is 0.321. The standard InChI is InChI=1S/C18H30N2O2/c1-14(2)16(15-9-6-5-7-10-15)20-17(22)19-12-8-11-18(3,4)13-21/h5-7,9-10,14,16,21H,8,11-13H2,1-4H3,(H2,19,20,22). The lowest BCUT2D eigenvalue weighted by Crippen LogP contribution is -2.40. The number of aliphatic hydroxyl groups excluding tert-OH is 1. The van der Waals surface area contributed by atoms with Crippen molar-refractivity contribution in [1.82, 2.24) is 10.6 Å². The first kappa shape index (κ1) is 18.5. The van der Waals surface area contributed by atoms with Crippen molar-refractivity contribution in [1.29, 1.82) is 0 Å². The van der Waals surface area contributed by atoms with Crippen LogP contribution in [-0.2, 0) is 0 Å². The molecule has 1 rings (SSSR count). The summed E-state index contributed by atoms with van der Waals surface area (Å²) in [4.78, 5) is 12.1. The van der Waals surface area contributed by atoms with Crippen molar-refractivity contribution in [2.75, 3.05) is 13.2 Å². The maximum atomic E-state index is 12.1. The molecule has 3 N–H and O–H groups in total. The van der Waals surface area contributed by atoms with Gasteiger partial charge in [0.15, 0.2) is 0 Å². The molecule has 0 fully saturated rings. The van der Waals surface area contributed by atoms with Crippen LogP contribution >= 0.6 is 0 Å². The summed E-state index contributed by atoms with van der Waals surface area (Å²) >= 11 is 0. The van der Waals surface area contributed by atoms with Gasteiger partial charge in [-0.15, -0.1) is 0 Å². The quantitative estimate of drug-likeness (QED) is 0.644. The van der Waals surface area contributed by atoms with Crippen molar-refractivity contribution in [3.8, 4) is 0 Å². The SMILES string of the molecule is CC(C)C(NC(=O)NCCCC(C)(C)CO)c1ccccc1. The lowest BCUT2D eigenvalue weighted by Gasteiger charge is -2.24. The van der Waals surface area contributed by atoms with Crippen molar-refractivity contribution in [3.63, 3.8) is 0 Å². The van der Waals surface area contributed by atoms with Crippen LogP contribution in [0.3, 0.4) is 0 Å². The highest BCUT2D eigenvalue weighted by atomic mass is 16.3. The van der Waals surface area contributed by atoms with E-state index < -0.39 is 0 Å². The molecule has 0 saturated heterocycles. The number of amides is 2. The Labute approximate surface area is 134 Å². The van der Waals surface area contributed by atoms with Crippen LogP contribution in [0.15, 0.2) is 30.3 Å². The van der Waals surface area contributed by atoms with E-state index in [0.717, 1.165) is 18.4 Å². The zero-order valence-electron chi connectivity index (χ0n) is 14.2.